The first-order valence-electron chi connectivity index (χ1n) is 3.69. The standard InChI is InChI=1S/C7H12IN3/c1-5-3-11-7(4-10-5)6(8)2-9/h2,5,9-11H,3-4H2,1H3/p+1. The summed E-state index contributed by atoms with van der Waals surface area (Å²) in [6.07, 6.45) is 1.41. The number of piperazine rings is 1. The summed E-state index contributed by atoms with van der Waals surface area (Å²) >= 11 is 2.20. The molecule has 1 saturated heterocycles. The van der Waals surface area contributed by atoms with Gasteiger partial charge in [-0.1, -0.05) is 0 Å². The molecule has 0 amide bonds. The Bertz CT molecular complexity index is 178. The number of hydrogen-bond donors (Lipinski definition) is 3. The second-order valence-electron chi connectivity index (χ2n) is 2.74. The molecule has 0 radical (unpaired) electrons. The first-order chi connectivity index (χ1) is 5.24. The predicted molar refractivity (Wildman–Crippen MR) is 54.1 cm³/mol. The van der Waals surface area contributed by atoms with Crippen LogP contribution in [0.5, 0.6) is 0 Å². The van der Waals surface area contributed by atoms with Crippen LogP contribution in [0.2, 0.25) is 0 Å². The van der Waals surface area contributed by atoms with Crippen LogP contribution in [0.1, 0.15) is 6.92 Å². The lowest BCUT2D eigenvalue weighted by molar-refractivity contribution is -0.616. The molecule has 1 rings (SSSR count). The molecule has 0 saturated carbocycles. The maximum atomic E-state index is 7.06. The predicted octanol–water partition coefficient (Wildman–Crippen LogP) is -0.162. The molecular formula is C7H13IN3+. The fraction of sp³-hybridized carbons (Fsp3) is 0.571. The van der Waals surface area contributed by atoms with E-state index in [0.29, 0.717) is 6.04 Å². The zero-order chi connectivity index (χ0) is 8.27. The van der Waals surface area contributed by atoms with Crippen molar-refractivity contribution in [3.63, 3.8) is 0 Å². The summed E-state index contributed by atoms with van der Waals surface area (Å²) in [5.41, 5.74) is 1.26. The first-order valence-corrected chi connectivity index (χ1v) is 4.77. The second-order valence-corrected chi connectivity index (χ2v) is 3.90. The van der Waals surface area contributed by atoms with Crippen molar-refractivity contribution < 1.29 is 5.32 Å². The fourth-order valence-corrected chi connectivity index (χ4v) is 1.44. The third kappa shape index (κ3) is 2.53. The van der Waals surface area contributed by atoms with Gasteiger partial charge in [0, 0.05) is 6.21 Å². The molecule has 1 aliphatic heterocycles. The van der Waals surface area contributed by atoms with Gasteiger partial charge in [0.1, 0.15) is 5.70 Å². The van der Waals surface area contributed by atoms with E-state index in [2.05, 4.69) is 40.1 Å². The Labute approximate surface area is 80.3 Å². The van der Waals surface area contributed by atoms with Gasteiger partial charge in [-0.05, 0) is 29.5 Å². The van der Waals surface area contributed by atoms with Crippen LogP contribution >= 0.6 is 22.6 Å². The Morgan fingerprint density at radius 2 is 2.64 bits per heavy atom. The number of nitrogens with two attached hydrogens (primary N) is 1. The third-order valence-corrected chi connectivity index (χ3v) is 2.80. The maximum Gasteiger partial charge on any atom is 0.135 e. The van der Waals surface area contributed by atoms with Crippen LogP contribution in [0.3, 0.4) is 0 Å². The molecule has 3 nitrogen and oxygen atoms in total. The number of nitrogens with one attached hydrogen (secondary N) is 2. The monoisotopic (exact) mass is 266 g/mol. The van der Waals surface area contributed by atoms with Crippen molar-refractivity contribution >= 4 is 28.8 Å². The average Bonchev–Trinajstić information content (AvgIpc) is 2.05. The van der Waals surface area contributed by atoms with E-state index in [-0.39, 0.29) is 0 Å². The van der Waals surface area contributed by atoms with Gasteiger partial charge in [0.2, 0.25) is 0 Å². The van der Waals surface area contributed by atoms with Gasteiger partial charge < -0.3 is 16.0 Å². The van der Waals surface area contributed by atoms with Gasteiger partial charge in [-0.3, -0.25) is 0 Å². The molecule has 1 unspecified atom stereocenters. The largest absolute Gasteiger partial charge is 0.314 e. The summed E-state index contributed by atoms with van der Waals surface area (Å²) in [5.74, 6) is 0. The van der Waals surface area contributed by atoms with Crippen LogP contribution < -0.4 is 10.6 Å². The first kappa shape index (κ1) is 9.15. The van der Waals surface area contributed by atoms with Gasteiger partial charge >= 0.3 is 0 Å². The summed E-state index contributed by atoms with van der Waals surface area (Å²) in [6, 6.07) is 0.591. The molecule has 0 aliphatic carbocycles. The van der Waals surface area contributed by atoms with Gasteiger partial charge in [0.05, 0.1) is 22.7 Å². The zero-order valence-corrected chi connectivity index (χ0v) is 8.68. The van der Waals surface area contributed by atoms with E-state index in [0.717, 1.165) is 16.7 Å². The highest BCUT2D eigenvalue weighted by atomic mass is 127. The third-order valence-electron chi connectivity index (χ3n) is 1.79. The van der Waals surface area contributed by atoms with Crippen LogP contribution in [-0.2, 0) is 0 Å². The Kier molecular flexibility index (Phi) is 3.47. The molecule has 1 atom stereocenters. The fourth-order valence-electron chi connectivity index (χ4n) is 1.03. The van der Waals surface area contributed by atoms with Crippen molar-refractivity contribution in [2.45, 2.75) is 13.0 Å². The van der Waals surface area contributed by atoms with Crippen molar-refractivity contribution in [1.82, 2.24) is 5.32 Å². The minimum Gasteiger partial charge on any atom is -0.314 e. The number of quaternary nitrogens is 1. The zero-order valence-electron chi connectivity index (χ0n) is 6.52. The highest BCUT2D eigenvalue weighted by molar-refractivity contribution is 14.1. The van der Waals surface area contributed by atoms with Gasteiger partial charge in [-0.15, -0.1) is 0 Å². The van der Waals surface area contributed by atoms with Gasteiger partial charge in [-0.25, -0.2) is 0 Å². The van der Waals surface area contributed by atoms with Gasteiger partial charge in [0.25, 0.3) is 0 Å². The normalized spacial score (nSPS) is 29.8. The Balaban J connectivity index is 2.57. The summed E-state index contributed by atoms with van der Waals surface area (Å²) in [6.45, 7) is 4.16. The van der Waals surface area contributed by atoms with E-state index in [1.165, 1.54) is 11.9 Å². The van der Waals surface area contributed by atoms with Crippen molar-refractivity contribution in [2.24, 2.45) is 0 Å². The van der Waals surface area contributed by atoms with Crippen LogP contribution in [0.4, 0.5) is 0 Å². The van der Waals surface area contributed by atoms with E-state index in [1.54, 1.807) is 0 Å². The molecule has 0 aromatic carbocycles. The minimum atomic E-state index is 0.591. The van der Waals surface area contributed by atoms with Gasteiger partial charge in [-0.2, -0.15) is 0 Å². The van der Waals surface area contributed by atoms with Crippen molar-refractivity contribution in [2.75, 3.05) is 13.1 Å². The Hall–Kier alpha value is 0.0600. The smallest absolute Gasteiger partial charge is 0.135 e. The molecule has 62 valence electrons. The molecule has 1 fully saturated rings. The summed E-state index contributed by atoms with van der Waals surface area (Å²) < 4.78 is 1.04. The van der Waals surface area contributed by atoms with E-state index >= 15 is 0 Å². The van der Waals surface area contributed by atoms with Crippen molar-refractivity contribution in [3.8, 4) is 0 Å². The number of rotatable bonds is 1. The molecule has 0 aromatic rings. The minimum absolute atomic E-state index is 0.591. The Morgan fingerprint density at radius 1 is 1.91 bits per heavy atom. The van der Waals surface area contributed by atoms with Gasteiger partial charge in [0.15, 0.2) is 0 Å². The highest BCUT2D eigenvalue weighted by Crippen LogP contribution is 2.04. The molecular weight excluding hydrogens is 253 g/mol. The maximum absolute atomic E-state index is 7.06. The molecule has 1 aliphatic rings. The summed E-state index contributed by atoms with van der Waals surface area (Å²) in [4.78, 5) is 0. The highest BCUT2D eigenvalue weighted by Gasteiger charge is 2.16. The van der Waals surface area contributed by atoms with Crippen molar-refractivity contribution in [1.29, 1.82) is 5.41 Å². The van der Waals surface area contributed by atoms with E-state index in [9.17, 15) is 0 Å². The average molecular weight is 266 g/mol. The molecule has 4 heteroatoms. The van der Waals surface area contributed by atoms with E-state index in [1.807, 2.05) is 0 Å². The van der Waals surface area contributed by atoms with Crippen LogP contribution in [0.25, 0.3) is 0 Å². The number of allylic oxidation sites excluding steroid dienone is 1. The number of halogens is 1. The number of hydrogen-bond acceptors (Lipinski definition) is 2. The second kappa shape index (κ2) is 4.18. The molecule has 1 heterocycles. The van der Waals surface area contributed by atoms with E-state index in [4.69, 9.17) is 5.41 Å². The van der Waals surface area contributed by atoms with E-state index < -0.39 is 0 Å². The molecule has 11 heavy (non-hydrogen) atoms. The molecule has 4 N–H and O–H groups in total. The van der Waals surface area contributed by atoms with Crippen LogP contribution in [-0.4, -0.2) is 25.3 Å². The molecule has 0 aromatic heterocycles. The summed E-state index contributed by atoms with van der Waals surface area (Å²) in [5, 5.41) is 12.6. The Morgan fingerprint density at radius 3 is 3.09 bits per heavy atom. The SMILES string of the molecule is CC1C[NH2+]C(=C(I)C=N)CN1. The molecule has 0 bridgehead atoms. The van der Waals surface area contributed by atoms with Crippen molar-refractivity contribution in [3.05, 3.63) is 9.28 Å². The lowest BCUT2D eigenvalue weighted by Gasteiger charge is -2.20. The topological polar surface area (TPSA) is 52.5 Å². The lowest BCUT2D eigenvalue weighted by Crippen LogP contribution is -2.89. The van der Waals surface area contributed by atoms with Crippen LogP contribution in [0, 0.1) is 5.41 Å². The quantitative estimate of drug-likeness (QED) is 0.448. The summed E-state index contributed by atoms with van der Waals surface area (Å²) in [7, 11) is 0. The molecule has 0 spiro atoms. The lowest BCUT2D eigenvalue weighted by atomic mass is 10.2. The van der Waals surface area contributed by atoms with Crippen LogP contribution in [0.15, 0.2) is 9.28 Å².